The summed E-state index contributed by atoms with van der Waals surface area (Å²) in [6.07, 6.45) is 8.60. The van der Waals surface area contributed by atoms with Gasteiger partial charge in [0.25, 0.3) is 0 Å². The van der Waals surface area contributed by atoms with Crippen molar-refractivity contribution in [3.8, 4) is 0 Å². The number of aryl methyl sites for hydroxylation is 3. The van der Waals surface area contributed by atoms with E-state index in [0.29, 0.717) is 12.5 Å². The molecule has 160 valence electrons. The van der Waals surface area contributed by atoms with Crippen molar-refractivity contribution in [1.82, 2.24) is 29.8 Å². The van der Waals surface area contributed by atoms with Crippen LogP contribution in [0.25, 0.3) is 6.08 Å². The first-order chi connectivity index (χ1) is 15.0. The summed E-state index contributed by atoms with van der Waals surface area (Å²) in [6, 6.07) is 5.99. The quantitative estimate of drug-likeness (QED) is 0.614. The van der Waals surface area contributed by atoms with Gasteiger partial charge in [-0.15, -0.1) is 0 Å². The molecule has 1 saturated heterocycles. The average molecular weight is 418 g/mol. The van der Waals surface area contributed by atoms with E-state index in [4.69, 9.17) is 4.98 Å². The lowest BCUT2D eigenvalue weighted by Gasteiger charge is -2.32. The number of pyridine rings is 1. The molecule has 0 radical (unpaired) electrons. The lowest BCUT2D eigenvalue weighted by Crippen LogP contribution is -2.38. The molecule has 0 bridgehead atoms. The van der Waals surface area contributed by atoms with Crippen LogP contribution in [0.3, 0.4) is 0 Å². The van der Waals surface area contributed by atoms with E-state index >= 15 is 0 Å². The van der Waals surface area contributed by atoms with E-state index in [1.165, 1.54) is 0 Å². The van der Waals surface area contributed by atoms with Gasteiger partial charge in [-0.2, -0.15) is 0 Å². The molecule has 3 aromatic heterocycles. The van der Waals surface area contributed by atoms with Crippen molar-refractivity contribution >= 4 is 23.6 Å². The highest BCUT2D eigenvalue weighted by Crippen LogP contribution is 2.28. The summed E-state index contributed by atoms with van der Waals surface area (Å²) in [7, 11) is 0. The Labute approximate surface area is 181 Å². The summed E-state index contributed by atoms with van der Waals surface area (Å²) in [6.45, 7) is 7.31. The average Bonchev–Trinajstić information content (AvgIpc) is 3.24. The van der Waals surface area contributed by atoms with Crippen molar-refractivity contribution in [3.05, 3.63) is 65.3 Å². The highest BCUT2D eigenvalue weighted by molar-refractivity contribution is 5.91. The first-order valence-electron chi connectivity index (χ1n) is 10.5. The minimum atomic E-state index is 0.00828. The summed E-state index contributed by atoms with van der Waals surface area (Å²) in [5, 5.41) is 3.31. The predicted molar refractivity (Wildman–Crippen MR) is 120 cm³/mol. The Morgan fingerprint density at radius 3 is 2.65 bits per heavy atom. The van der Waals surface area contributed by atoms with Crippen LogP contribution in [0.2, 0.25) is 0 Å². The van der Waals surface area contributed by atoms with Crippen molar-refractivity contribution in [1.29, 1.82) is 0 Å². The first-order valence-corrected chi connectivity index (χ1v) is 10.5. The van der Waals surface area contributed by atoms with Gasteiger partial charge in [0.1, 0.15) is 0 Å². The Bertz CT molecular complexity index is 1070. The predicted octanol–water partition coefficient (Wildman–Crippen LogP) is 3.68. The van der Waals surface area contributed by atoms with Crippen LogP contribution < -0.4 is 5.32 Å². The third-order valence-electron chi connectivity index (χ3n) is 5.29. The van der Waals surface area contributed by atoms with Gasteiger partial charge in [0.2, 0.25) is 11.9 Å². The molecular formula is C23H27N7O. The Balaban J connectivity index is 1.48. The van der Waals surface area contributed by atoms with Crippen LogP contribution in [0.1, 0.15) is 47.2 Å². The lowest BCUT2D eigenvalue weighted by atomic mass is 9.93. The molecule has 8 nitrogen and oxygen atoms in total. The molecule has 1 aliphatic heterocycles. The van der Waals surface area contributed by atoms with Crippen LogP contribution in [-0.4, -0.2) is 48.8 Å². The number of carbonyl (C=O) groups is 1. The topological polar surface area (TPSA) is 99.7 Å². The van der Waals surface area contributed by atoms with E-state index in [1.807, 2.05) is 43.9 Å². The fourth-order valence-electron chi connectivity index (χ4n) is 3.93. The van der Waals surface area contributed by atoms with Crippen molar-refractivity contribution in [2.24, 2.45) is 0 Å². The number of aromatic nitrogens is 5. The number of H-pyrrole nitrogens is 1. The standard InChI is InChI=1S/C23H27N7O/c1-15-9-16(2)28-23(27-15)29-20-10-17(3)26-21(11-20)18-5-4-8-30(13-18)22(31)7-6-19-12-24-14-25-19/h6-7,9-12,14,18H,4-5,8,13H2,1-3H3,(H,24,25)(H,26,27,28,29)/b7-6+/t18-/m0/s1. The number of piperidine rings is 1. The molecule has 0 aliphatic carbocycles. The summed E-state index contributed by atoms with van der Waals surface area (Å²) >= 11 is 0. The summed E-state index contributed by atoms with van der Waals surface area (Å²) < 4.78 is 0. The largest absolute Gasteiger partial charge is 0.345 e. The van der Waals surface area contributed by atoms with Gasteiger partial charge in [0.05, 0.1) is 18.2 Å². The molecule has 3 aromatic rings. The second kappa shape index (κ2) is 9.07. The highest BCUT2D eigenvalue weighted by Gasteiger charge is 2.25. The smallest absolute Gasteiger partial charge is 0.246 e. The minimum Gasteiger partial charge on any atom is -0.345 e. The van der Waals surface area contributed by atoms with E-state index < -0.39 is 0 Å². The fraction of sp³-hybridized carbons (Fsp3) is 0.348. The van der Waals surface area contributed by atoms with Gasteiger partial charge in [-0.1, -0.05) is 0 Å². The van der Waals surface area contributed by atoms with Gasteiger partial charge in [0, 0.05) is 53.5 Å². The number of imidazole rings is 1. The number of nitrogens with one attached hydrogen (secondary N) is 2. The monoisotopic (exact) mass is 417 g/mol. The molecule has 4 rings (SSSR count). The number of nitrogens with zero attached hydrogens (tertiary/aromatic N) is 5. The summed E-state index contributed by atoms with van der Waals surface area (Å²) in [4.78, 5) is 35.2. The van der Waals surface area contributed by atoms with E-state index in [0.717, 1.165) is 53.5 Å². The van der Waals surface area contributed by atoms with E-state index in [2.05, 4.69) is 25.3 Å². The summed E-state index contributed by atoms with van der Waals surface area (Å²) in [5.74, 6) is 0.784. The third kappa shape index (κ3) is 5.33. The normalized spacial score (nSPS) is 16.6. The van der Waals surface area contributed by atoms with E-state index in [1.54, 1.807) is 24.7 Å². The number of carbonyl (C=O) groups excluding carboxylic acids is 1. The molecule has 1 amide bonds. The van der Waals surface area contributed by atoms with Gasteiger partial charge in [-0.3, -0.25) is 9.78 Å². The number of rotatable bonds is 5. The van der Waals surface area contributed by atoms with Crippen LogP contribution in [-0.2, 0) is 4.79 Å². The molecule has 0 spiro atoms. The number of amides is 1. The van der Waals surface area contributed by atoms with Crippen LogP contribution >= 0.6 is 0 Å². The Kier molecular flexibility index (Phi) is 6.06. The maximum atomic E-state index is 12.7. The van der Waals surface area contributed by atoms with Crippen molar-refractivity contribution < 1.29 is 4.79 Å². The van der Waals surface area contributed by atoms with Crippen molar-refractivity contribution in [3.63, 3.8) is 0 Å². The van der Waals surface area contributed by atoms with Crippen LogP contribution in [0.5, 0.6) is 0 Å². The van der Waals surface area contributed by atoms with Gasteiger partial charge in [0.15, 0.2) is 0 Å². The van der Waals surface area contributed by atoms with Crippen molar-refractivity contribution in [2.75, 3.05) is 18.4 Å². The third-order valence-corrected chi connectivity index (χ3v) is 5.29. The van der Waals surface area contributed by atoms with E-state index in [-0.39, 0.29) is 11.8 Å². The second-order valence-corrected chi connectivity index (χ2v) is 7.99. The lowest BCUT2D eigenvalue weighted by molar-refractivity contribution is -0.127. The fourth-order valence-corrected chi connectivity index (χ4v) is 3.93. The number of hydrogen-bond donors (Lipinski definition) is 2. The zero-order valence-corrected chi connectivity index (χ0v) is 18.1. The van der Waals surface area contributed by atoms with Crippen LogP contribution in [0, 0.1) is 20.8 Å². The SMILES string of the molecule is Cc1cc(Nc2nc(C)cc(C)n2)cc([C@H]2CCCN(C(=O)/C=C/c3cnc[nH]3)C2)n1. The Hall–Kier alpha value is -3.55. The molecule has 0 unspecified atom stereocenters. The number of hydrogen-bond acceptors (Lipinski definition) is 6. The Morgan fingerprint density at radius 2 is 1.90 bits per heavy atom. The van der Waals surface area contributed by atoms with E-state index in [9.17, 15) is 4.79 Å². The molecule has 31 heavy (non-hydrogen) atoms. The van der Waals surface area contributed by atoms with Crippen LogP contribution in [0.4, 0.5) is 11.6 Å². The maximum Gasteiger partial charge on any atom is 0.246 e. The molecule has 8 heteroatoms. The number of aromatic amines is 1. The number of anilines is 2. The Morgan fingerprint density at radius 1 is 1.13 bits per heavy atom. The molecule has 1 atom stereocenters. The summed E-state index contributed by atoms with van der Waals surface area (Å²) in [5.41, 5.74) is 5.48. The highest BCUT2D eigenvalue weighted by atomic mass is 16.2. The molecule has 1 fully saturated rings. The van der Waals surface area contributed by atoms with Crippen molar-refractivity contribution in [2.45, 2.75) is 39.5 Å². The molecule has 4 heterocycles. The first kappa shape index (κ1) is 20.7. The van der Waals surface area contributed by atoms with Gasteiger partial charge in [-0.05, 0) is 57.9 Å². The van der Waals surface area contributed by atoms with Crippen LogP contribution in [0.15, 0.2) is 36.8 Å². The van der Waals surface area contributed by atoms with Gasteiger partial charge < -0.3 is 15.2 Å². The number of likely N-dealkylation sites (tertiary alicyclic amines) is 1. The van der Waals surface area contributed by atoms with Gasteiger partial charge in [-0.25, -0.2) is 15.0 Å². The molecule has 2 N–H and O–H groups in total. The maximum absolute atomic E-state index is 12.7. The molecule has 0 saturated carbocycles. The zero-order chi connectivity index (χ0) is 21.8. The second-order valence-electron chi connectivity index (χ2n) is 7.99. The molecular weight excluding hydrogens is 390 g/mol. The van der Waals surface area contributed by atoms with Gasteiger partial charge >= 0.3 is 0 Å². The molecule has 1 aliphatic rings. The molecule has 0 aromatic carbocycles. The zero-order valence-electron chi connectivity index (χ0n) is 18.1. The minimum absolute atomic E-state index is 0.00828.